The molecule has 6 nitrogen and oxygen atoms in total. The minimum absolute atomic E-state index is 0.312. The van der Waals surface area contributed by atoms with Crippen molar-refractivity contribution in [1.29, 1.82) is 0 Å². The summed E-state index contributed by atoms with van der Waals surface area (Å²) in [6, 6.07) is 7.54. The van der Waals surface area contributed by atoms with E-state index in [1.165, 1.54) is 23.5 Å². The van der Waals surface area contributed by atoms with Crippen molar-refractivity contribution in [2.75, 3.05) is 5.32 Å². The van der Waals surface area contributed by atoms with Gasteiger partial charge in [-0.15, -0.1) is 10.2 Å². The summed E-state index contributed by atoms with van der Waals surface area (Å²) in [6.45, 7) is 0. The fourth-order valence-corrected chi connectivity index (χ4v) is 3.06. The number of benzene rings is 1. The van der Waals surface area contributed by atoms with E-state index < -0.39 is 0 Å². The first-order valence-corrected chi connectivity index (χ1v) is 7.97. The highest BCUT2D eigenvalue weighted by molar-refractivity contribution is 7.15. The Balaban J connectivity index is 1.48. The van der Waals surface area contributed by atoms with Crippen molar-refractivity contribution in [2.24, 2.45) is 0 Å². The number of hydrogen-bond donors (Lipinski definition) is 2. The molecule has 0 spiro atoms. The lowest BCUT2D eigenvalue weighted by molar-refractivity contribution is 0.102. The molecule has 0 aliphatic heterocycles. The number of anilines is 1. The summed E-state index contributed by atoms with van der Waals surface area (Å²) in [5.41, 5.74) is 1.62. The average Bonchev–Trinajstić information content (AvgIpc) is 3.10. The Morgan fingerprint density at radius 2 is 2.04 bits per heavy atom. The topological polar surface area (TPSA) is 83.6 Å². The van der Waals surface area contributed by atoms with Crippen LogP contribution in [0.3, 0.4) is 0 Å². The average molecular weight is 329 g/mol. The molecule has 23 heavy (non-hydrogen) atoms. The zero-order chi connectivity index (χ0) is 15.8. The lowest BCUT2D eigenvalue weighted by Crippen LogP contribution is -2.12. The fraction of sp³-hybridized carbons (Fsp3) is 0.200. The molecular weight excluding hydrogens is 317 g/mol. The smallest absolute Gasteiger partial charge is 0.275 e. The predicted molar refractivity (Wildman–Crippen MR) is 83.8 cm³/mol. The largest absolute Gasteiger partial charge is 0.295 e. The van der Waals surface area contributed by atoms with Crippen molar-refractivity contribution in [3.63, 3.8) is 0 Å². The van der Waals surface area contributed by atoms with Crippen LogP contribution in [0.15, 0.2) is 30.3 Å². The number of amides is 1. The van der Waals surface area contributed by atoms with Crippen LogP contribution in [-0.2, 0) is 0 Å². The number of aromatic nitrogens is 4. The van der Waals surface area contributed by atoms with Crippen molar-refractivity contribution in [1.82, 2.24) is 20.4 Å². The van der Waals surface area contributed by atoms with E-state index >= 15 is 0 Å². The van der Waals surface area contributed by atoms with E-state index in [0.29, 0.717) is 22.4 Å². The number of H-pyrrole nitrogens is 1. The quantitative estimate of drug-likeness (QED) is 0.770. The van der Waals surface area contributed by atoms with Crippen LogP contribution < -0.4 is 5.32 Å². The minimum Gasteiger partial charge on any atom is -0.295 e. The normalized spacial score (nSPS) is 14.0. The summed E-state index contributed by atoms with van der Waals surface area (Å²) in [5, 5.41) is 19.0. The van der Waals surface area contributed by atoms with Crippen molar-refractivity contribution in [2.45, 2.75) is 18.8 Å². The molecule has 8 heteroatoms. The lowest BCUT2D eigenvalue weighted by Gasteiger charge is -1.96. The minimum atomic E-state index is -0.329. The number of halogens is 1. The van der Waals surface area contributed by atoms with Crippen LogP contribution in [0.4, 0.5) is 9.52 Å². The highest BCUT2D eigenvalue weighted by Crippen LogP contribution is 2.42. The van der Waals surface area contributed by atoms with Gasteiger partial charge >= 0.3 is 0 Å². The van der Waals surface area contributed by atoms with Gasteiger partial charge in [0.05, 0.1) is 5.69 Å². The number of rotatable bonds is 4. The first-order chi connectivity index (χ1) is 11.2. The van der Waals surface area contributed by atoms with Gasteiger partial charge in [-0.1, -0.05) is 11.3 Å². The molecule has 1 aromatic carbocycles. The van der Waals surface area contributed by atoms with Crippen LogP contribution in [0.1, 0.15) is 34.3 Å². The number of carbonyl (C=O) groups is 1. The number of nitrogens with one attached hydrogen (secondary N) is 2. The van der Waals surface area contributed by atoms with E-state index in [-0.39, 0.29) is 11.7 Å². The maximum Gasteiger partial charge on any atom is 0.275 e. The number of hydrogen-bond acceptors (Lipinski definition) is 5. The third-order valence-electron chi connectivity index (χ3n) is 3.55. The Morgan fingerprint density at radius 1 is 1.26 bits per heavy atom. The van der Waals surface area contributed by atoms with Gasteiger partial charge in [0.2, 0.25) is 5.13 Å². The predicted octanol–water partition coefficient (Wildman–Crippen LogP) is 3.20. The number of nitrogens with zero attached hydrogens (tertiary/aromatic N) is 3. The second kappa shape index (κ2) is 5.54. The van der Waals surface area contributed by atoms with Crippen LogP contribution in [0.2, 0.25) is 0 Å². The summed E-state index contributed by atoms with van der Waals surface area (Å²) in [7, 11) is 0. The molecule has 0 radical (unpaired) electrons. The van der Waals surface area contributed by atoms with E-state index in [0.717, 1.165) is 23.4 Å². The molecule has 4 rings (SSSR count). The summed E-state index contributed by atoms with van der Waals surface area (Å²) in [4.78, 5) is 12.2. The highest BCUT2D eigenvalue weighted by Gasteiger charge is 2.27. The molecule has 1 saturated carbocycles. The molecule has 2 heterocycles. The van der Waals surface area contributed by atoms with Gasteiger partial charge in [-0.2, -0.15) is 5.10 Å². The molecule has 1 aliphatic rings. The Morgan fingerprint density at radius 3 is 2.78 bits per heavy atom. The molecule has 2 N–H and O–H groups in total. The Hall–Kier alpha value is -2.61. The van der Waals surface area contributed by atoms with Gasteiger partial charge in [-0.3, -0.25) is 15.2 Å². The van der Waals surface area contributed by atoms with Gasteiger partial charge in [-0.25, -0.2) is 4.39 Å². The summed E-state index contributed by atoms with van der Waals surface area (Å²) >= 11 is 1.40. The van der Waals surface area contributed by atoms with Crippen molar-refractivity contribution >= 4 is 22.4 Å². The van der Waals surface area contributed by atoms with Crippen molar-refractivity contribution in [3.05, 3.63) is 46.9 Å². The summed E-state index contributed by atoms with van der Waals surface area (Å²) < 4.78 is 12.9. The van der Waals surface area contributed by atoms with Gasteiger partial charge in [0.25, 0.3) is 5.91 Å². The Kier molecular flexibility index (Phi) is 3.38. The second-order valence-electron chi connectivity index (χ2n) is 5.35. The van der Waals surface area contributed by atoms with Gasteiger partial charge in [0.1, 0.15) is 16.5 Å². The fourth-order valence-electron chi connectivity index (χ4n) is 2.15. The van der Waals surface area contributed by atoms with Crippen LogP contribution in [0.5, 0.6) is 0 Å². The first-order valence-electron chi connectivity index (χ1n) is 7.15. The molecule has 1 aliphatic carbocycles. The van der Waals surface area contributed by atoms with Gasteiger partial charge < -0.3 is 0 Å². The second-order valence-corrected chi connectivity index (χ2v) is 6.36. The Labute approximate surface area is 134 Å². The lowest BCUT2D eigenvalue weighted by atomic mass is 10.1. The van der Waals surface area contributed by atoms with E-state index in [1.54, 1.807) is 18.2 Å². The van der Waals surface area contributed by atoms with Crippen LogP contribution >= 0.6 is 11.3 Å². The molecule has 116 valence electrons. The van der Waals surface area contributed by atoms with Gasteiger partial charge in [0, 0.05) is 11.5 Å². The van der Waals surface area contributed by atoms with Crippen LogP contribution in [-0.4, -0.2) is 26.3 Å². The zero-order valence-corrected chi connectivity index (χ0v) is 12.7. The SMILES string of the molecule is O=C(Nc1nnc(C2CC2)s1)c1cc(-c2ccc(F)cc2)n[nH]1. The van der Waals surface area contributed by atoms with Crippen molar-refractivity contribution < 1.29 is 9.18 Å². The van der Waals surface area contributed by atoms with E-state index in [9.17, 15) is 9.18 Å². The van der Waals surface area contributed by atoms with Crippen LogP contribution in [0, 0.1) is 5.82 Å². The molecule has 0 atom stereocenters. The standard InChI is InChI=1S/C15H12FN5OS/c16-10-5-3-8(4-6-10)11-7-12(19-18-11)13(22)17-15-21-20-14(23-15)9-1-2-9/h3-7,9H,1-2H2,(H,18,19)(H,17,21,22). The van der Waals surface area contributed by atoms with E-state index in [1.807, 2.05) is 0 Å². The molecule has 3 aromatic rings. The van der Waals surface area contributed by atoms with Gasteiger partial charge in [-0.05, 0) is 43.2 Å². The maximum atomic E-state index is 12.9. The van der Waals surface area contributed by atoms with E-state index in [4.69, 9.17) is 0 Å². The maximum absolute atomic E-state index is 12.9. The van der Waals surface area contributed by atoms with E-state index in [2.05, 4.69) is 25.7 Å². The molecule has 1 fully saturated rings. The third kappa shape index (κ3) is 2.98. The molecular formula is C15H12FN5OS. The molecule has 0 bridgehead atoms. The first kappa shape index (κ1) is 14.0. The molecule has 0 saturated heterocycles. The summed E-state index contributed by atoms with van der Waals surface area (Å²) in [6.07, 6.45) is 2.29. The molecule has 2 aromatic heterocycles. The monoisotopic (exact) mass is 329 g/mol. The zero-order valence-electron chi connectivity index (χ0n) is 11.9. The highest BCUT2D eigenvalue weighted by atomic mass is 32.1. The van der Waals surface area contributed by atoms with Crippen molar-refractivity contribution in [3.8, 4) is 11.3 Å². The van der Waals surface area contributed by atoms with Gasteiger partial charge in [0.15, 0.2) is 0 Å². The molecule has 1 amide bonds. The number of carbonyl (C=O) groups excluding carboxylic acids is 1. The molecule has 0 unspecified atom stereocenters. The third-order valence-corrected chi connectivity index (χ3v) is 4.55. The Bertz CT molecular complexity index is 853. The summed E-state index contributed by atoms with van der Waals surface area (Å²) in [5.74, 6) is -0.135. The van der Waals surface area contributed by atoms with Crippen LogP contribution in [0.25, 0.3) is 11.3 Å². The number of aromatic amines is 1.